The zero-order valence-corrected chi connectivity index (χ0v) is 9.02. The van der Waals surface area contributed by atoms with Gasteiger partial charge in [-0.15, -0.1) is 0 Å². The number of hydrogen-bond donors (Lipinski definition) is 0. The third-order valence-electron chi connectivity index (χ3n) is 2.55. The average Bonchev–Trinajstić information content (AvgIpc) is 2.17. The van der Waals surface area contributed by atoms with E-state index >= 15 is 0 Å². The molecule has 0 nitrogen and oxygen atoms in total. The van der Waals surface area contributed by atoms with Gasteiger partial charge >= 0.3 is 0 Å². The zero-order valence-electron chi connectivity index (χ0n) is 9.02. The smallest absolute Gasteiger partial charge is 0.0228 e. The van der Waals surface area contributed by atoms with Crippen LogP contribution in [-0.4, -0.2) is 0 Å². The van der Waals surface area contributed by atoms with E-state index in [0.717, 1.165) is 6.42 Å². The fourth-order valence-electron chi connectivity index (χ4n) is 1.28. The van der Waals surface area contributed by atoms with Crippen LogP contribution in [-0.2, 0) is 6.42 Å². The molecule has 0 N–H and O–H groups in total. The summed E-state index contributed by atoms with van der Waals surface area (Å²) in [5, 5.41) is 0. The largest absolute Gasteiger partial charge is 0.0729 e. The highest BCUT2D eigenvalue weighted by Crippen LogP contribution is 2.18. The molecule has 0 saturated carbocycles. The van der Waals surface area contributed by atoms with Crippen LogP contribution < -0.4 is 0 Å². The number of benzene rings is 1. The predicted octanol–water partition coefficient (Wildman–Crippen LogP) is 4.06. The lowest BCUT2D eigenvalue weighted by molar-refractivity contribution is 1.14. The molecule has 0 aliphatic heterocycles. The molecule has 0 spiro atoms. The summed E-state index contributed by atoms with van der Waals surface area (Å²) in [6, 6.07) is 8.84. The molecule has 0 saturated heterocycles. The number of hydrogen-bond acceptors (Lipinski definition) is 0. The molecule has 1 aromatic carbocycles. The predicted molar refractivity (Wildman–Crippen MR) is 59.8 cm³/mol. The van der Waals surface area contributed by atoms with Gasteiger partial charge in [0, 0.05) is 0 Å². The fourth-order valence-corrected chi connectivity index (χ4v) is 1.28. The van der Waals surface area contributed by atoms with E-state index in [1.165, 1.54) is 22.3 Å². The summed E-state index contributed by atoms with van der Waals surface area (Å²) < 4.78 is 0. The maximum Gasteiger partial charge on any atom is -0.0228 e. The average molecular weight is 174 g/mol. The van der Waals surface area contributed by atoms with E-state index in [-0.39, 0.29) is 0 Å². The van der Waals surface area contributed by atoms with Gasteiger partial charge in [0.2, 0.25) is 0 Å². The SMILES string of the molecule is CCc1ccc(C(C)=C(C)C)cc1. The third kappa shape index (κ3) is 2.45. The second-order valence-electron chi connectivity index (χ2n) is 3.68. The van der Waals surface area contributed by atoms with Crippen molar-refractivity contribution in [3.63, 3.8) is 0 Å². The fraction of sp³-hybridized carbons (Fsp3) is 0.385. The maximum atomic E-state index is 2.21. The molecule has 0 heterocycles. The minimum absolute atomic E-state index is 1.12. The van der Waals surface area contributed by atoms with Gasteiger partial charge in [0.05, 0.1) is 0 Å². The molecular formula is C13H18. The number of allylic oxidation sites excluding steroid dienone is 2. The minimum Gasteiger partial charge on any atom is -0.0729 e. The Morgan fingerprint density at radius 1 is 1.00 bits per heavy atom. The standard InChI is InChI=1S/C13H18/c1-5-12-6-8-13(9-7-12)11(4)10(2)3/h6-9H,5H2,1-4H3. The Bertz CT molecular complexity index is 297. The van der Waals surface area contributed by atoms with Crippen LogP contribution in [0.2, 0.25) is 0 Å². The molecule has 0 amide bonds. The normalized spacial score (nSPS) is 9.85. The first kappa shape index (κ1) is 10.0. The summed E-state index contributed by atoms with van der Waals surface area (Å²) in [5.74, 6) is 0. The van der Waals surface area contributed by atoms with Crippen LogP contribution in [0, 0.1) is 0 Å². The summed E-state index contributed by atoms with van der Waals surface area (Å²) >= 11 is 0. The van der Waals surface area contributed by atoms with Crippen molar-refractivity contribution in [2.75, 3.05) is 0 Å². The van der Waals surface area contributed by atoms with Crippen molar-refractivity contribution in [3.05, 3.63) is 41.0 Å². The maximum absolute atomic E-state index is 2.21. The van der Waals surface area contributed by atoms with Gasteiger partial charge in [-0.25, -0.2) is 0 Å². The van der Waals surface area contributed by atoms with Crippen molar-refractivity contribution in [3.8, 4) is 0 Å². The van der Waals surface area contributed by atoms with Crippen molar-refractivity contribution in [2.24, 2.45) is 0 Å². The van der Waals surface area contributed by atoms with Crippen molar-refractivity contribution in [1.82, 2.24) is 0 Å². The van der Waals surface area contributed by atoms with Crippen LogP contribution in [0.1, 0.15) is 38.8 Å². The lowest BCUT2D eigenvalue weighted by Crippen LogP contribution is -1.84. The molecule has 0 unspecified atom stereocenters. The third-order valence-corrected chi connectivity index (χ3v) is 2.55. The van der Waals surface area contributed by atoms with Gasteiger partial charge in [-0.2, -0.15) is 0 Å². The van der Waals surface area contributed by atoms with Crippen molar-refractivity contribution >= 4 is 5.57 Å². The summed E-state index contributed by atoms with van der Waals surface area (Å²) in [6.45, 7) is 8.67. The summed E-state index contributed by atoms with van der Waals surface area (Å²) in [7, 11) is 0. The monoisotopic (exact) mass is 174 g/mol. The van der Waals surface area contributed by atoms with Crippen LogP contribution in [0.25, 0.3) is 5.57 Å². The molecule has 1 aromatic rings. The van der Waals surface area contributed by atoms with Gasteiger partial charge in [-0.1, -0.05) is 36.8 Å². The Hall–Kier alpha value is -1.04. The van der Waals surface area contributed by atoms with Gasteiger partial charge in [0.25, 0.3) is 0 Å². The molecule has 0 heteroatoms. The Balaban J connectivity index is 2.99. The quantitative estimate of drug-likeness (QED) is 0.634. The molecule has 0 atom stereocenters. The van der Waals surface area contributed by atoms with E-state index in [4.69, 9.17) is 0 Å². The molecule has 70 valence electrons. The zero-order chi connectivity index (χ0) is 9.84. The van der Waals surface area contributed by atoms with E-state index in [1.54, 1.807) is 0 Å². The van der Waals surface area contributed by atoms with E-state index in [0.29, 0.717) is 0 Å². The molecule has 0 radical (unpaired) electrons. The number of aryl methyl sites for hydroxylation is 1. The molecular weight excluding hydrogens is 156 g/mol. The summed E-state index contributed by atoms with van der Waals surface area (Å²) in [5.41, 5.74) is 5.54. The summed E-state index contributed by atoms with van der Waals surface area (Å²) in [4.78, 5) is 0. The first-order chi connectivity index (χ1) is 6.15. The highest BCUT2D eigenvalue weighted by molar-refractivity contribution is 5.66. The van der Waals surface area contributed by atoms with Gasteiger partial charge in [0.1, 0.15) is 0 Å². The molecule has 0 bridgehead atoms. The molecule has 13 heavy (non-hydrogen) atoms. The number of rotatable bonds is 2. The van der Waals surface area contributed by atoms with Crippen LogP contribution in [0.15, 0.2) is 29.8 Å². The molecule has 0 aliphatic carbocycles. The lowest BCUT2D eigenvalue weighted by atomic mass is 10.0. The van der Waals surface area contributed by atoms with Gasteiger partial charge in [-0.05, 0) is 43.9 Å². The Morgan fingerprint density at radius 2 is 1.54 bits per heavy atom. The van der Waals surface area contributed by atoms with Crippen LogP contribution in [0.5, 0.6) is 0 Å². The van der Waals surface area contributed by atoms with Crippen molar-refractivity contribution in [1.29, 1.82) is 0 Å². The van der Waals surface area contributed by atoms with E-state index in [1.807, 2.05) is 0 Å². The van der Waals surface area contributed by atoms with Gasteiger partial charge in [0.15, 0.2) is 0 Å². The first-order valence-corrected chi connectivity index (χ1v) is 4.88. The Morgan fingerprint density at radius 3 is 1.92 bits per heavy atom. The second kappa shape index (κ2) is 4.27. The van der Waals surface area contributed by atoms with Crippen molar-refractivity contribution in [2.45, 2.75) is 34.1 Å². The molecule has 0 aliphatic rings. The molecule has 0 aromatic heterocycles. The molecule has 0 fully saturated rings. The van der Waals surface area contributed by atoms with E-state index in [2.05, 4.69) is 52.0 Å². The topological polar surface area (TPSA) is 0 Å². The van der Waals surface area contributed by atoms with E-state index in [9.17, 15) is 0 Å². The second-order valence-corrected chi connectivity index (χ2v) is 3.68. The lowest BCUT2D eigenvalue weighted by Gasteiger charge is -2.04. The highest BCUT2D eigenvalue weighted by Gasteiger charge is 1.96. The molecule has 1 rings (SSSR count). The minimum atomic E-state index is 1.12. The Kier molecular flexibility index (Phi) is 3.30. The van der Waals surface area contributed by atoms with Crippen LogP contribution >= 0.6 is 0 Å². The Labute approximate surface area is 81.3 Å². The van der Waals surface area contributed by atoms with Crippen LogP contribution in [0.4, 0.5) is 0 Å². The first-order valence-electron chi connectivity index (χ1n) is 4.88. The van der Waals surface area contributed by atoms with Crippen molar-refractivity contribution < 1.29 is 0 Å². The van der Waals surface area contributed by atoms with E-state index < -0.39 is 0 Å². The summed E-state index contributed by atoms with van der Waals surface area (Å²) in [6.07, 6.45) is 1.12. The van der Waals surface area contributed by atoms with Gasteiger partial charge in [-0.3, -0.25) is 0 Å². The van der Waals surface area contributed by atoms with Gasteiger partial charge < -0.3 is 0 Å². The van der Waals surface area contributed by atoms with Crippen LogP contribution in [0.3, 0.4) is 0 Å². The highest BCUT2D eigenvalue weighted by atomic mass is 14.0.